The van der Waals surface area contributed by atoms with Crippen LogP contribution in [0, 0.1) is 22.7 Å². The molecule has 0 radical (unpaired) electrons. The van der Waals surface area contributed by atoms with E-state index in [1.807, 2.05) is 6.92 Å². The number of carbonyl (C=O) groups excluding carboxylic acids is 2. The molecule has 0 aromatic rings. The Bertz CT molecular complexity index is 786. The first-order valence-corrected chi connectivity index (χ1v) is 10.3. The average molecular weight is 422 g/mol. The molecule has 166 valence electrons. The number of rotatable bonds is 4. The van der Waals surface area contributed by atoms with E-state index < -0.39 is 35.5 Å². The maximum Gasteiger partial charge on any atom is 0.417 e. The fraction of sp³-hybridized carbons (Fsp3) is 0.682. The molecule has 1 aliphatic heterocycles. The average Bonchev–Trinajstić information content (AvgIpc) is 3.00. The van der Waals surface area contributed by atoms with E-state index in [-0.39, 0.29) is 36.0 Å². The number of aliphatic hydroxyl groups is 2. The topological polar surface area (TPSA) is 130 Å². The summed E-state index contributed by atoms with van der Waals surface area (Å²) >= 11 is 0. The Labute approximate surface area is 175 Å². The van der Waals surface area contributed by atoms with E-state index in [0.717, 1.165) is 24.8 Å². The SMILES string of the molecule is C=C1CC[C@H]2[C@](C)(COC(=O)C(=O)O)[C@H](O)CC[C@@]2(C)[C@H]1C/C=C1/C(=O)OC[C@H]1O. The highest BCUT2D eigenvalue weighted by Crippen LogP contribution is 2.61. The molecule has 0 spiro atoms. The number of aliphatic hydroxyl groups excluding tert-OH is 2. The molecule has 0 aromatic carbocycles. The van der Waals surface area contributed by atoms with Gasteiger partial charge >= 0.3 is 17.9 Å². The molecule has 6 atom stereocenters. The largest absolute Gasteiger partial charge is 0.473 e. The van der Waals surface area contributed by atoms with Crippen LogP contribution in [0.15, 0.2) is 23.8 Å². The number of carbonyl (C=O) groups is 3. The zero-order valence-corrected chi connectivity index (χ0v) is 17.4. The highest BCUT2D eigenvalue weighted by atomic mass is 16.6. The first-order valence-electron chi connectivity index (χ1n) is 10.3. The highest BCUT2D eigenvalue weighted by Gasteiger charge is 2.58. The molecule has 2 aliphatic carbocycles. The Morgan fingerprint density at radius 3 is 2.60 bits per heavy atom. The van der Waals surface area contributed by atoms with Gasteiger partial charge in [-0.15, -0.1) is 0 Å². The van der Waals surface area contributed by atoms with Crippen molar-refractivity contribution in [1.29, 1.82) is 0 Å². The number of ether oxygens (including phenoxy) is 2. The molecule has 1 saturated heterocycles. The number of allylic oxidation sites excluding steroid dienone is 2. The second-order valence-corrected chi connectivity index (χ2v) is 9.26. The number of cyclic esters (lactones) is 1. The van der Waals surface area contributed by atoms with Crippen molar-refractivity contribution < 1.29 is 39.2 Å². The molecule has 0 amide bonds. The summed E-state index contributed by atoms with van der Waals surface area (Å²) in [5.41, 5.74) is 0.231. The lowest BCUT2D eigenvalue weighted by molar-refractivity contribution is -0.181. The summed E-state index contributed by atoms with van der Waals surface area (Å²) < 4.78 is 9.90. The van der Waals surface area contributed by atoms with Crippen LogP contribution in [0.5, 0.6) is 0 Å². The molecular weight excluding hydrogens is 392 g/mol. The molecule has 3 fully saturated rings. The summed E-state index contributed by atoms with van der Waals surface area (Å²) in [5.74, 6) is -3.52. The van der Waals surface area contributed by atoms with E-state index in [4.69, 9.17) is 14.6 Å². The van der Waals surface area contributed by atoms with Crippen molar-refractivity contribution >= 4 is 17.9 Å². The predicted molar refractivity (Wildman–Crippen MR) is 105 cm³/mol. The smallest absolute Gasteiger partial charge is 0.417 e. The molecule has 3 rings (SSSR count). The minimum atomic E-state index is -1.66. The van der Waals surface area contributed by atoms with Crippen LogP contribution in [0.4, 0.5) is 0 Å². The lowest BCUT2D eigenvalue weighted by Gasteiger charge is -2.60. The third kappa shape index (κ3) is 3.78. The predicted octanol–water partition coefficient (Wildman–Crippen LogP) is 1.60. The quantitative estimate of drug-likeness (QED) is 0.270. The maximum atomic E-state index is 11.8. The molecule has 3 N–H and O–H groups in total. The third-order valence-corrected chi connectivity index (χ3v) is 7.58. The zero-order valence-electron chi connectivity index (χ0n) is 17.4. The normalized spacial score (nSPS) is 40.1. The lowest BCUT2D eigenvalue weighted by atomic mass is 9.46. The molecule has 0 unspecified atom stereocenters. The Kier molecular flexibility index (Phi) is 6.11. The number of esters is 2. The van der Waals surface area contributed by atoms with E-state index in [1.54, 1.807) is 6.08 Å². The van der Waals surface area contributed by atoms with Crippen molar-refractivity contribution in [2.75, 3.05) is 13.2 Å². The van der Waals surface area contributed by atoms with Gasteiger partial charge in [0.05, 0.1) is 18.3 Å². The van der Waals surface area contributed by atoms with Gasteiger partial charge in [-0.3, -0.25) is 0 Å². The van der Waals surface area contributed by atoms with Crippen LogP contribution in [-0.4, -0.2) is 58.6 Å². The molecule has 8 nitrogen and oxygen atoms in total. The highest BCUT2D eigenvalue weighted by molar-refractivity contribution is 6.28. The van der Waals surface area contributed by atoms with Gasteiger partial charge in [0.15, 0.2) is 0 Å². The summed E-state index contributed by atoms with van der Waals surface area (Å²) in [4.78, 5) is 34.2. The number of hydrogen-bond acceptors (Lipinski definition) is 7. The van der Waals surface area contributed by atoms with Crippen molar-refractivity contribution in [3.63, 3.8) is 0 Å². The number of fused-ring (bicyclic) bond motifs is 1. The first kappa shape index (κ1) is 22.5. The van der Waals surface area contributed by atoms with Crippen molar-refractivity contribution in [3.05, 3.63) is 23.8 Å². The van der Waals surface area contributed by atoms with Crippen LogP contribution in [0.25, 0.3) is 0 Å². The van der Waals surface area contributed by atoms with Crippen molar-refractivity contribution in [2.45, 2.75) is 58.2 Å². The van der Waals surface area contributed by atoms with Gasteiger partial charge in [0.2, 0.25) is 0 Å². The molecule has 8 heteroatoms. The lowest BCUT2D eigenvalue weighted by Crippen LogP contribution is -2.57. The second-order valence-electron chi connectivity index (χ2n) is 9.26. The monoisotopic (exact) mass is 422 g/mol. The van der Waals surface area contributed by atoms with Crippen molar-refractivity contribution in [1.82, 2.24) is 0 Å². The summed E-state index contributed by atoms with van der Waals surface area (Å²) in [6, 6.07) is 0. The Morgan fingerprint density at radius 2 is 2.00 bits per heavy atom. The first-order chi connectivity index (χ1) is 14.0. The van der Waals surface area contributed by atoms with Crippen molar-refractivity contribution in [2.24, 2.45) is 22.7 Å². The van der Waals surface area contributed by atoms with Gasteiger partial charge in [-0.05, 0) is 49.4 Å². The summed E-state index contributed by atoms with van der Waals surface area (Å²) in [5, 5.41) is 29.6. The number of carboxylic acid groups (broad SMARTS) is 1. The van der Waals surface area contributed by atoms with Gasteiger partial charge in [-0.1, -0.05) is 32.1 Å². The van der Waals surface area contributed by atoms with Crippen LogP contribution >= 0.6 is 0 Å². The van der Waals surface area contributed by atoms with E-state index >= 15 is 0 Å². The van der Waals surface area contributed by atoms with Crippen LogP contribution in [0.3, 0.4) is 0 Å². The maximum absolute atomic E-state index is 11.8. The van der Waals surface area contributed by atoms with Gasteiger partial charge in [0.1, 0.15) is 12.7 Å². The van der Waals surface area contributed by atoms with Gasteiger partial charge in [-0.2, -0.15) is 0 Å². The molecular formula is C22H30O8. The Hall–Kier alpha value is -2.19. The van der Waals surface area contributed by atoms with E-state index in [2.05, 4.69) is 13.5 Å². The molecule has 3 aliphatic rings. The van der Waals surface area contributed by atoms with Crippen LogP contribution in [0.2, 0.25) is 0 Å². The Morgan fingerprint density at radius 1 is 1.30 bits per heavy atom. The van der Waals surface area contributed by atoms with E-state index in [1.165, 1.54) is 0 Å². The van der Waals surface area contributed by atoms with Crippen LogP contribution in [-0.2, 0) is 23.9 Å². The minimum absolute atomic E-state index is 0.00588. The van der Waals surface area contributed by atoms with Crippen LogP contribution < -0.4 is 0 Å². The van der Waals surface area contributed by atoms with Gasteiger partial charge in [0, 0.05) is 5.41 Å². The fourth-order valence-corrected chi connectivity index (χ4v) is 5.83. The molecule has 30 heavy (non-hydrogen) atoms. The molecule has 1 heterocycles. The van der Waals surface area contributed by atoms with Crippen molar-refractivity contribution in [3.8, 4) is 0 Å². The van der Waals surface area contributed by atoms with Crippen LogP contribution in [0.1, 0.15) is 46.0 Å². The third-order valence-electron chi connectivity index (χ3n) is 7.58. The Balaban J connectivity index is 1.86. The number of carboxylic acids is 1. The fourth-order valence-electron chi connectivity index (χ4n) is 5.83. The van der Waals surface area contributed by atoms with Gasteiger partial charge < -0.3 is 24.8 Å². The van der Waals surface area contributed by atoms with Gasteiger partial charge in [0.25, 0.3) is 0 Å². The summed E-state index contributed by atoms with van der Waals surface area (Å²) in [7, 11) is 0. The van der Waals surface area contributed by atoms with Gasteiger partial charge in [-0.25, -0.2) is 14.4 Å². The van der Waals surface area contributed by atoms with E-state index in [9.17, 15) is 24.6 Å². The molecule has 2 saturated carbocycles. The number of hydrogen-bond donors (Lipinski definition) is 3. The number of aliphatic carboxylic acids is 1. The zero-order chi connectivity index (χ0) is 22.3. The summed E-state index contributed by atoms with van der Waals surface area (Å²) in [6.07, 6.45) is 3.26. The standard InChI is InChI=1S/C22H30O8/c1-12-4-7-16-21(2,14(12)6-5-13-15(23)10-29-19(13)27)9-8-17(24)22(16,3)11-30-20(28)18(25)26/h5,14-17,23-24H,1,4,6-11H2,2-3H3,(H,25,26)/b13-5+/t14-,15+,16+,17+,21-,22-/m0/s1. The second kappa shape index (κ2) is 8.15. The van der Waals surface area contributed by atoms with E-state index in [0.29, 0.717) is 12.8 Å². The molecule has 0 bridgehead atoms. The summed E-state index contributed by atoms with van der Waals surface area (Å²) in [6.45, 7) is 8.00. The minimum Gasteiger partial charge on any atom is -0.473 e. The molecule has 0 aromatic heterocycles.